The van der Waals surface area contributed by atoms with Crippen molar-refractivity contribution in [1.29, 1.82) is 0 Å². The zero-order valence-electron chi connectivity index (χ0n) is 16.9. The van der Waals surface area contributed by atoms with Crippen LogP contribution in [0, 0.1) is 6.92 Å². The molecule has 1 aromatic carbocycles. The average Bonchev–Trinajstić information content (AvgIpc) is 3.54. The van der Waals surface area contributed by atoms with Gasteiger partial charge >= 0.3 is 0 Å². The third-order valence-corrected chi connectivity index (χ3v) is 5.89. The Balaban J connectivity index is 1.62. The number of aromatic nitrogens is 1. The molecule has 2 aromatic rings. The number of benzene rings is 1. The van der Waals surface area contributed by atoms with Crippen LogP contribution in [0.4, 0.5) is 0 Å². The number of hydrogen-bond acceptors (Lipinski definition) is 4. The van der Waals surface area contributed by atoms with E-state index in [0.717, 1.165) is 39.0 Å². The lowest BCUT2D eigenvalue weighted by Crippen LogP contribution is -2.49. The molecule has 1 saturated carbocycles. The van der Waals surface area contributed by atoms with Gasteiger partial charge in [0, 0.05) is 62.5 Å². The van der Waals surface area contributed by atoms with Crippen molar-refractivity contribution in [1.82, 2.24) is 14.8 Å². The maximum absolute atomic E-state index is 13.2. The smallest absolute Gasteiger partial charge is 0.253 e. The molecule has 2 fully saturated rings. The number of para-hydroxylation sites is 1. The second-order valence-corrected chi connectivity index (χ2v) is 7.84. The molecule has 0 unspecified atom stereocenters. The minimum Gasteiger partial charge on any atom is -0.385 e. The molecule has 6 heteroatoms. The average molecular weight is 386 g/mol. The maximum Gasteiger partial charge on any atom is 0.253 e. The van der Waals surface area contributed by atoms with Crippen molar-refractivity contribution in [3.05, 3.63) is 35.5 Å². The number of aryl methyl sites for hydroxylation is 1. The van der Waals surface area contributed by atoms with Crippen molar-refractivity contribution in [2.24, 2.45) is 0 Å². The van der Waals surface area contributed by atoms with Gasteiger partial charge in [0.1, 0.15) is 6.10 Å². The van der Waals surface area contributed by atoms with Gasteiger partial charge in [0.25, 0.3) is 5.91 Å². The fraction of sp³-hybridized carbons (Fsp3) is 0.591. The van der Waals surface area contributed by atoms with Crippen LogP contribution in [0.2, 0.25) is 0 Å². The van der Waals surface area contributed by atoms with Gasteiger partial charge < -0.3 is 24.3 Å². The Morgan fingerprint density at radius 3 is 2.89 bits per heavy atom. The lowest BCUT2D eigenvalue weighted by atomic mass is 10.1. The normalized spacial score (nSPS) is 19.9. The summed E-state index contributed by atoms with van der Waals surface area (Å²) in [4.78, 5) is 15.2. The van der Waals surface area contributed by atoms with Crippen LogP contribution in [0.25, 0.3) is 10.9 Å². The lowest BCUT2D eigenvalue weighted by Gasteiger charge is -2.30. The SMILES string of the molecule is COCCCn1c(C)c(CN(C(=O)[C@H]2CNCCO2)C2CC2)c2ccccc21. The predicted molar refractivity (Wildman–Crippen MR) is 109 cm³/mol. The highest BCUT2D eigenvalue weighted by Crippen LogP contribution is 2.33. The molecule has 6 nitrogen and oxygen atoms in total. The highest BCUT2D eigenvalue weighted by atomic mass is 16.5. The third-order valence-electron chi connectivity index (χ3n) is 5.89. The van der Waals surface area contributed by atoms with Gasteiger partial charge in [-0.1, -0.05) is 18.2 Å². The molecule has 2 aliphatic rings. The summed E-state index contributed by atoms with van der Waals surface area (Å²) in [5.41, 5.74) is 3.75. The van der Waals surface area contributed by atoms with Crippen molar-refractivity contribution < 1.29 is 14.3 Å². The number of rotatable bonds is 8. The molecule has 1 aromatic heterocycles. The molecule has 152 valence electrons. The largest absolute Gasteiger partial charge is 0.385 e. The van der Waals surface area contributed by atoms with Gasteiger partial charge in [-0.3, -0.25) is 4.79 Å². The first-order valence-electron chi connectivity index (χ1n) is 10.4. The molecule has 1 atom stereocenters. The van der Waals surface area contributed by atoms with Crippen molar-refractivity contribution >= 4 is 16.8 Å². The highest BCUT2D eigenvalue weighted by molar-refractivity contribution is 5.87. The Bertz CT molecular complexity index is 822. The molecule has 1 aliphatic carbocycles. The van der Waals surface area contributed by atoms with E-state index < -0.39 is 0 Å². The number of methoxy groups -OCH3 is 1. The van der Waals surface area contributed by atoms with Crippen molar-refractivity contribution in [3.8, 4) is 0 Å². The van der Waals surface area contributed by atoms with Crippen LogP contribution in [-0.4, -0.2) is 60.9 Å². The number of nitrogens with zero attached hydrogens (tertiary/aromatic N) is 2. The Morgan fingerprint density at radius 1 is 1.36 bits per heavy atom. The summed E-state index contributed by atoms with van der Waals surface area (Å²) in [6, 6.07) is 8.88. The van der Waals surface area contributed by atoms with Crippen LogP contribution in [0.5, 0.6) is 0 Å². The molecule has 1 amide bonds. The van der Waals surface area contributed by atoms with E-state index in [1.807, 2.05) is 0 Å². The quantitative estimate of drug-likeness (QED) is 0.710. The van der Waals surface area contributed by atoms with Crippen molar-refractivity contribution in [2.45, 2.75) is 51.4 Å². The van der Waals surface area contributed by atoms with E-state index in [1.54, 1.807) is 7.11 Å². The Kier molecular flexibility index (Phi) is 5.99. The first kappa shape index (κ1) is 19.4. The van der Waals surface area contributed by atoms with Crippen molar-refractivity contribution in [3.63, 3.8) is 0 Å². The van der Waals surface area contributed by atoms with E-state index in [1.165, 1.54) is 22.2 Å². The van der Waals surface area contributed by atoms with Gasteiger partial charge in [-0.25, -0.2) is 0 Å². The van der Waals surface area contributed by atoms with Crippen LogP contribution < -0.4 is 5.32 Å². The van der Waals surface area contributed by atoms with E-state index in [0.29, 0.717) is 25.7 Å². The zero-order valence-corrected chi connectivity index (χ0v) is 16.9. The molecule has 1 aliphatic heterocycles. The molecule has 0 bridgehead atoms. The number of nitrogens with one attached hydrogen (secondary N) is 1. The van der Waals surface area contributed by atoms with Gasteiger partial charge in [0.05, 0.1) is 6.61 Å². The van der Waals surface area contributed by atoms with Gasteiger partial charge in [-0.15, -0.1) is 0 Å². The number of morpholine rings is 1. The van der Waals surface area contributed by atoms with E-state index >= 15 is 0 Å². The number of ether oxygens (including phenoxy) is 2. The van der Waals surface area contributed by atoms with Crippen molar-refractivity contribution in [2.75, 3.05) is 33.4 Å². The first-order chi connectivity index (χ1) is 13.7. The van der Waals surface area contributed by atoms with Gasteiger partial charge in [0.15, 0.2) is 0 Å². The summed E-state index contributed by atoms with van der Waals surface area (Å²) in [7, 11) is 1.74. The van der Waals surface area contributed by atoms with E-state index in [2.05, 4.69) is 46.0 Å². The molecular formula is C22H31N3O3. The number of fused-ring (bicyclic) bond motifs is 1. The summed E-state index contributed by atoms with van der Waals surface area (Å²) >= 11 is 0. The minimum atomic E-state index is -0.357. The highest BCUT2D eigenvalue weighted by Gasteiger charge is 2.37. The topological polar surface area (TPSA) is 55.7 Å². The van der Waals surface area contributed by atoms with E-state index in [9.17, 15) is 4.79 Å². The summed E-state index contributed by atoms with van der Waals surface area (Å²) in [6.07, 6.45) is 2.81. The van der Waals surface area contributed by atoms with Gasteiger partial charge in [-0.2, -0.15) is 0 Å². The fourth-order valence-corrected chi connectivity index (χ4v) is 4.21. The van der Waals surface area contributed by atoms with Crippen LogP contribution >= 0.6 is 0 Å². The van der Waals surface area contributed by atoms with Crippen LogP contribution in [-0.2, 0) is 27.4 Å². The first-order valence-corrected chi connectivity index (χ1v) is 10.4. The summed E-state index contributed by atoms with van der Waals surface area (Å²) in [6.45, 7) is 6.55. The number of carbonyl (C=O) groups is 1. The Morgan fingerprint density at radius 2 is 2.18 bits per heavy atom. The second-order valence-electron chi connectivity index (χ2n) is 7.84. The van der Waals surface area contributed by atoms with Crippen LogP contribution in [0.3, 0.4) is 0 Å². The van der Waals surface area contributed by atoms with Gasteiger partial charge in [-0.05, 0) is 37.8 Å². The molecule has 4 rings (SSSR count). The molecular weight excluding hydrogens is 354 g/mol. The van der Waals surface area contributed by atoms with E-state index in [-0.39, 0.29) is 12.0 Å². The number of amides is 1. The Labute approximate surface area is 166 Å². The third kappa shape index (κ3) is 3.95. The lowest BCUT2D eigenvalue weighted by molar-refractivity contribution is -0.146. The molecule has 0 radical (unpaired) electrons. The molecule has 1 N–H and O–H groups in total. The second kappa shape index (κ2) is 8.64. The number of hydrogen-bond donors (Lipinski definition) is 1. The summed E-state index contributed by atoms with van der Waals surface area (Å²) in [5, 5.41) is 4.53. The summed E-state index contributed by atoms with van der Waals surface area (Å²) < 4.78 is 13.4. The molecule has 0 spiro atoms. The molecule has 1 saturated heterocycles. The number of carbonyl (C=O) groups excluding carboxylic acids is 1. The van der Waals surface area contributed by atoms with Crippen LogP contribution in [0.15, 0.2) is 24.3 Å². The maximum atomic E-state index is 13.2. The molecule has 2 heterocycles. The predicted octanol–water partition coefficient (Wildman–Crippen LogP) is 2.47. The summed E-state index contributed by atoms with van der Waals surface area (Å²) in [5.74, 6) is 0.130. The van der Waals surface area contributed by atoms with E-state index in [4.69, 9.17) is 9.47 Å². The fourth-order valence-electron chi connectivity index (χ4n) is 4.21. The minimum absolute atomic E-state index is 0.130. The van der Waals surface area contributed by atoms with Crippen LogP contribution in [0.1, 0.15) is 30.5 Å². The zero-order chi connectivity index (χ0) is 19.5. The standard InChI is InChI=1S/C22H31N3O3/c1-16-19(18-6-3-4-7-20(18)24(16)11-5-12-27-2)15-25(17-8-9-17)22(26)21-14-23-10-13-28-21/h3-4,6-7,17,21,23H,5,8-15H2,1-2H3/t21-/m1/s1. The monoisotopic (exact) mass is 385 g/mol. The Hall–Kier alpha value is -1.89. The molecule has 28 heavy (non-hydrogen) atoms. The van der Waals surface area contributed by atoms with Gasteiger partial charge in [0.2, 0.25) is 0 Å².